The number of anilines is 2. The maximum Gasteiger partial charge on any atom is 0.338 e. The Labute approximate surface area is 299 Å². The number of carbonyl (C=O) groups is 4. The van der Waals surface area contributed by atoms with Crippen LogP contribution in [0.15, 0.2) is 76.6 Å². The van der Waals surface area contributed by atoms with Crippen LogP contribution >= 0.6 is 23.1 Å². The minimum absolute atomic E-state index is 0.0148. The molecule has 1 saturated heterocycles. The topological polar surface area (TPSA) is 144 Å². The van der Waals surface area contributed by atoms with E-state index in [0.29, 0.717) is 28.4 Å². The van der Waals surface area contributed by atoms with Crippen molar-refractivity contribution < 1.29 is 37.8 Å². The van der Waals surface area contributed by atoms with Gasteiger partial charge in [-0.1, -0.05) is 17.4 Å². The third-order valence-corrected chi connectivity index (χ3v) is 13.0. The minimum atomic E-state index is -0.502. The van der Waals surface area contributed by atoms with Crippen LogP contribution in [0.1, 0.15) is 40.1 Å². The third kappa shape index (κ3) is 5.60. The summed E-state index contributed by atoms with van der Waals surface area (Å²) in [6.07, 6.45) is 0.724. The standard InChI is InChI=1S/C37H32FN3O8S2/c1-3-48-36(45)17-4-11-21(12-5-17)41-34(43)29-22-15-23(30(29)35(41)44)31-28(22)27(32-33(50-31)40-37(46)51-32)18-6-13-24(25(14-18)47-2)49-16-26(42)39-20-9-7-19(38)8-10-20/h4-14,22-23,27-31H,3,15-16H2,1-2H3,(H,39,42)(H,40,46)/t22-,23-,27-,28?,29?,30?,31?/m1/s1. The van der Waals surface area contributed by atoms with Gasteiger partial charge < -0.3 is 24.5 Å². The Morgan fingerprint density at radius 2 is 1.69 bits per heavy atom. The number of methoxy groups -OCH3 is 1. The molecule has 3 aromatic carbocycles. The lowest BCUT2D eigenvalue weighted by atomic mass is 9.68. The molecular weight excluding hydrogens is 698 g/mol. The van der Waals surface area contributed by atoms with Crippen molar-refractivity contribution in [3.05, 3.63) is 98.2 Å². The van der Waals surface area contributed by atoms with Crippen molar-refractivity contribution in [2.75, 3.05) is 30.5 Å². The molecule has 0 spiro atoms. The Morgan fingerprint density at radius 1 is 0.961 bits per heavy atom. The van der Waals surface area contributed by atoms with Crippen LogP contribution in [-0.2, 0) is 19.1 Å². The summed E-state index contributed by atoms with van der Waals surface area (Å²) in [5.41, 5.74) is 2.07. The summed E-state index contributed by atoms with van der Waals surface area (Å²) in [5.74, 6) is -2.49. The first kappa shape index (κ1) is 33.2. The van der Waals surface area contributed by atoms with Crippen LogP contribution in [0.2, 0.25) is 0 Å². The van der Waals surface area contributed by atoms with Crippen molar-refractivity contribution in [1.29, 1.82) is 0 Å². The maximum atomic E-state index is 14.1. The Balaban J connectivity index is 1.07. The van der Waals surface area contributed by atoms with Gasteiger partial charge in [0.15, 0.2) is 18.1 Å². The van der Waals surface area contributed by atoms with Gasteiger partial charge >= 0.3 is 10.8 Å². The molecule has 14 heteroatoms. The molecule has 3 heterocycles. The quantitative estimate of drug-likeness (QED) is 0.170. The number of nitrogens with one attached hydrogen (secondary N) is 2. The summed E-state index contributed by atoms with van der Waals surface area (Å²) >= 11 is 2.75. The van der Waals surface area contributed by atoms with E-state index in [9.17, 15) is 28.4 Å². The molecule has 4 aliphatic rings. The smallest absolute Gasteiger partial charge is 0.338 e. The number of imide groups is 1. The van der Waals surface area contributed by atoms with Gasteiger partial charge in [-0.3, -0.25) is 24.1 Å². The Hall–Kier alpha value is -4.95. The maximum absolute atomic E-state index is 14.1. The number of aromatic amines is 1. The summed E-state index contributed by atoms with van der Waals surface area (Å²) in [6.45, 7) is 1.65. The predicted molar refractivity (Wildman–Crippen MR) is 187 cm³/mol. The van der Waals surface area contributed by atoms with Crippen LogP contribution in [0.5, 0.6) is 11.5 Å². The largest absolute Gasteiger partial charge is 0.493 e. The molecule has 2 bridgehead atoms. The van der Waals surface area contributed by atoms with Crippen LogP contribution in [0.4, 0.5) is 15.8 Å². The molecule has 11 nitrogen and oxygen atoms in total. The number of amides is 3. The number of benzene rings is 3. The van der Waals surface area contributed by atoms with Crippen molar-refractivity contribution in [2.45, 2.75) is 29.5 Å². The fraction of sp³-hybridized carbons (Fsp3) is 0.324. The normalized spacial score (nSPS) is 25.6. The zero-order valence-electron chi connectivity index (χ0n) is 27.4. The average Bonchev–Trinajstić information content (AvgIpc) is 3.87. The summed E-state index contributed by atoms with van der Waals surface area (Å²) in [5, 5.41) is 3.43. The predicted octanol–water partition coefficient (Wildman–Crippen LogP) is 5.46. The first-order valence-electron chi connectivity index (χ1n) is 16.6. The zero-order valence-corrected chi connectivity index (χ0v) is 29.1. The third-order valence-electron chi connectivity index (χ3n) is 10.4. The number of ether oxygens (including phenoxy) is 3. The zero-order chi connectivity index (χ0) is 35.6. The van der Waals surface area contributed by atoms with E-state index in [2.05, 4.69) is 10.3 Å². The Morgan fingerprint density at radius 3 is 2.39 bits per heavy atom. The molecular formula is C37H32FN3O8S2. The number of thioether (sulfide) groups is 1. The fourth-order valence-electron chi connectivity index (χ4n) is 8.48. The second-order valence-electron chi connectivity index (χ2n) is 13.0. The molecule has 3 fully saturated rings. The van der Waals surface area contributed by atoms with E-state index in [1.165, 1.54) is 36.3 Å². The highest BCUT2D eigenvalue weighted by atomic mass is 32.2. The second kappa shape index (κ2) is 13.0. The lowest BCUT2D eigenvalue weighted by molar-refractivity contribution is -0.123. The molecule has 0 radical (unpaired) electrons. The van der Waals surface area contributed by atoms with Crippen molar-refractivity contribution in [3.63, 3.8) is 0 Å². The number of hydrogen-bond donors (Lipinski definition) is 2. The molecule has 8 rings (SSSR count). The molecule has 2 aliphatic carbocycles. The molecule has 2 aliphatic heterocycles. The highest BCUT2D eigenvalue weighted by molar-refractivity contribution is 8.00. The summed E-state index contributed by atoms with van der Waals surface area (Å²) < 4.78 is 29.9. The van der Waals surface area contributed by atoms with Gasteiger partial charge in [-0.25, -0.2) is 9.18 Å². The first-order valence-corrected chi connectivity index (χ1v) is 18.3. The number of carbonyl (C=O) groups excluding carboxylic acids is 4. The molecule has 4 aromatic rings. The number of halogens is 1. The SMILES string of the molecule is CCOC(=O)c1ccc(N2C(=O)C3C(C2=O)[C@@H]2C[C@H]3C3Sc4[nH]c(=O)sc4[C@H](c4ccc(OCC(=O)Nc5ccc(F)cc5)c(OC)c4)C32)cc1. The van der Waals surface area contributed by atoms with Crippen LogP contribution in [0.3, 0.4) is 0 Å². The number of nitrogens with zero attached hydrogens (tertiary/aromatic N) is 1. The van der Waals surface area contributed by atoms with Gasteiger partial charge in [-0.2, -0.15) is 0 Å². The molecule has 51 heavy (non-hydrogen) atoms. The van der Waals surface area contributed by atoms with Gasteiger partial charge in [0.25, 0.3) is 5.91 Å². The van der Waals surface area contributed by atoms with Crippen LogP contribution in [0, 0.1) is 35.4 Å². The molecule has 1 aromatic heterocycles. The van der Waals surface area contributed by atoms with Gasteiger partial charge in [0.1, 0.15) is 5.82 Å². The van der Waals surface area contributed by atoms with E-state index < -0.39 is 29.5 Å². The van der Waals surface area contributed by atoms with E-state index >= 15 is 0 Å². The molecule has 2 N–H and O–H groups in total. The van der Waals surface area contributed by atoms with E-state index in [0.717, 1.165) is 33.2 Å². The van der Waals surface area contributed by atoms with E-state index in [1.54, 1.807) is 49.0 Å². The van der Waals surface area contributed by atoms with Gasteiger partial charge in [0.2, 0.25) is 11.8 Å². The van der Waals surface area contributed by atoms with Gasteiger partial charge in [0.05, 0.1) is 41.8 Å². The Kier molecular flexibility index (Phi) is 8.45. The highest BCUT2D eigenvalue weighted by Crippen LogP contribution is 2.68. The van der Waals surface area contributed by atoms with E-state index in [1.807, 2.05) is 12.1 Å². The molecule has 2 saturated carbocycles. The number of aromatic nitrogens is 1. The highest BCUT2D eigenvalue weighted by Gasteiger charge is 2.69. The van der Waals surface area contributed by atoms with Gasteiger partial charge in [-0.05, 0) is 97.3 Å². The summed E-state index contributed by atoms with van der Waals surface area (Å²) in [6, 6.07) is 17.2. The number of hydrogen-bond acceptors (Lipinski definition) is 10. The number of rotatable bonds is 9. The monoisotopic (exact) mass is 729 g/mol. The first-order chi connectivity index (χ1) is 24.7. The van der Waals surface area contributed by atoms with Gasteiger partial charge in [0, 0.05) is 21.7 Å². The van der Waals surface area contributed by atoms with Crippen molar-refractivity contribution in [2.24, 2.45) is 29.6 Å². The Bertz CT molecular complexity index is 2120. The molecule has 7 atom stereocenters. The lowest BCUT2D eigenvalue weighted by Gasteiger charge is -2.43. The van der Waals surface area contributed by atoms with Gasteiger partial charge in [-0.15, -0.1) is 11.8 Å². The lowest BCUT2D eigenvalue weighted by Crippen LogP contribution is -2.42. The second-order valence-corrected chi connectivity index (χ2v) is 15.2. The average molecular weight is 730 g/mol. The number of esters is 1. The van der Waals surface area contributed by atoms with E-state index in [-0.39, 0.29) is 58.8 Å². The van der Waals surface area contributed by atoms with Crippen molar-refractivity contribution in [1.82, 2.24) is 4.98 Å². The molecule has 262 valence electrons. The van der Waals surface area contributed by atoms with Crippen LogP contribution in [0.25, 0.3) is 0 Å². The number of H-pyrrole nitrogens is 1. The summed E-state index contributed by atoms with van der Waals surface area (Å²) in [7, 11) is 1.50. The van der Waals surface area contributed by atoms with Crippen molar-refractivity contribution in [3.8, 4) is 11.5 Å². The van der Waals surface area contributed by atoms with E-state index in [4.69, 9.17) is 14.2 Å². The molecule has 3 amide bonds. The fourth-order valence-corrected chi connectivity index (χ4v) is 11.4. The number of thiazole rings is 1. The number of fused-ring (bicyclic) bond motifs is 9. The van der Waals surface area contributed by atoms with Crippen molar-refractivity contribution >= 4 is 58.2 Å². The minimum Gasteiger partial charge on any atom is -0.493 e. The van der Waals surface area contributed by atoms with Crippen LogP contribution < -0.4 is 24.6 Å². The van der Waals surface area contributed by atoms with Crippen LogP contribution in [-0.4, -0.2) is 54.2 Å². The molecule has 4 unspecified atom stereocenters. The summed E-state index contributed by atoms with van der Waals surface area (Å²) in [4.78, 5) is 70.6.